The molecule has 2 atom stereocenters. The Balaban J connectivity index is 1.74. The Bertz CT molecular complexity index is 617. The average molecular weight is 324 g/mol. The Kier molecular flexibility index (Phi) is 4.36. The van der Waals surface area contributed by atoms with Crippen molar-refractivity contribution in [3.05, 3.63) is 18.0 Å². The van der Waals surface area contributed by atoms with Gasteiger partial charge >= 0.3 is 0 Å². The molecule has 0 aliphatic carbocycles. The first-order chi connectivity index (χ1) is 10.6. The van der Waals surface area contributed by atoms with Crippen LogP contribution in [-0.4, -0.2) is 54.1 Å². The molecule has 122 valence electrons. The van der Waals surface area contributed by atoms with Crippen molar-refractivity contribution in [2.45, 2.75) is 38.4 Å². The molecule has 0 amide bonds. The highest BCUT2D eigenvalue weighted by atomic mass is 32.2. The first-order valence-corrected chi connectivity index (χ1v) is 9.61. The number of fused-ring (bicyclic) bond motifs is 1. The fourth-order valence-electron chi connectivity index (χ4n) is 3.50. The summed E-state index contributed by atoms with van der Waals surface area (Å²) in [5, 5.41) is -0.229. The predicted octanol–water partition coefficient (Wildman–Crippen LogP) is 1.29. The van der Waals surface area contributed by atoms with E-state index in [4.69, 9.17) is 0 Å². The van der Waals surface area contributed by atoms with Crippen molar-refractivity contribution >= 4 is 16.0 Å². The van der Waals surface area contributed by atoms with E-state index in [0.29, 0.717) is 26.1 Å². The maximum absolute atomic E-state index is 12.5. The Morgan fingerprint density at radius 1 is 1.18 bits per heavy atom. The highest BCUT2D eigenvalue weighted by molar-refractivity contribution is 7.90. The van der Waals surface area contributed by atoms with Crippen molar-refractivity contribution in [2.75, 3.05) is 31.1 Å². The molecule has 0 radical (unpaired) electrons. The SMILES string of the molecule is CCc1cnc(N2CC[C@@H]3CN(CC)S(=O)(=O)[C@@H]3CC2)nc1. The van der Waals surface area contributed by atoms with Crippen LogP contribution < -0.4 is 4.90 Å². The minimum absolute atomic E-state index is 0.229. The predicted molar refractivity (Wildman–Crippen MR) is 86.3 cm³/mol. The lowest BCUT2D eigenvalue weighted by Gasteiger charge is -2.21. The van der Waals surface area contributed by atoms with Gasteiger partial charge in [0.15, 0.2) is 0 Å². The summed E-state index contributed by atoms with van der Waals surface area (Å²) in [5.74, 6) is 0.965. The van der Waals surface area contributed by atoms with Gasteiger partial charge in [0.2, 0.25) is 16.0 Å². The molecule has 7 heteroatoms. The van der Waals surface area contributed by atoms with Crippen LogP contribution in [0.1, 0.15) is 32.3 Å². The van der Waals surface area contributed by atoms with Gasteiger partial charge in [-0.3, -0.25) is 0 Å². The maximum Gasteiger partial charge on any atom is 0.225 e. The topological polar surface area (TPSA) is 66.4 Å². The molecule has 3 rings (SSSR count). The molecule has 0 aromatic carbocycles. The second-order valence-corrected chi connectivity index (χ2v) is 8.26. The van der Waals surface area contributed by atoms with Gasteiger partial charge < -0.3 is 4.90 Å². The van der Waals surface area contributed by atoms with E-state index in [0.717, 1.165) is 30.9 Å². The number of hydrogen-bond acceptors (Lipinski definition) is 5. The molecule has 22 heavy (non-hydrogen) atoms. The first-order valence-electron chi connectivity index (χ1n) is 8.11. The number of nitrogens with zero attached hydrogens (tertiary/aromatic N) is 4. The molecule has 3 heterocycles. The number of anilines is 1. The monoisotopic (exact) mass is 324 g/mol. The number of hydrogen-bond donors (Lipinski definition) is 0. The Labute approximate surface area is 132 Å². The Morgan fingerprint density at radius 2 is 1.86 bits per heavy atom. The summed E-state index contributed by atoms with van der Waals surface area (Å²) in [6, 6.07) is 0. The molecule has 1 aromatic heterocycles. The molecular formula is C15H24N4O2S. The molecule has 0 saturated carbocycles. The van der Waals surface area contributed by atoms with Gasteiger partial charge in [-0.15, -0.1) is 0 Å². The van der Waals surface area contributed by atoms with Crippen molar-refractivity contribution in [1.82, 2.24) is 14.3 Å². The molecule has 2 saturated heterocycles. The Hall–Kier alpha value is -1.21. The minimum atomic E-state index is -3.11. The van der Waals surface area contributed by atoms with Gasteiger partial charge in [0.1, 0.15) is 0 Å². The summed E-state index contributed by atoms with van der Waals surface area (Å²) in [4.78, 5) is 11.0. The van der Waals surface area contributed by atoms with Crippen LogP contribution in [0, 0.1) is 5.92 Å². The molecule has 2 aliphatic heterocycles. The van der Waals surface area contributed by atoms with Crippen LogP contribution in [0.25, 0.3) is 0 Å². The number of sulfonamides is 1. The molecule has 0 bridgehead atoms. The second-order valence-electron chi connectivity index (χ2n) is 6.10. The van der Waals surface area contributed by atoms with Crippen molar-refractivity contribution in [3.63, 3.8) is 0 Å². The standard InChI is InChI=1S/C15H24N4O2S/c1-3-12-9-16-15(17-10-12)18-7-5-13-11-19(4-2)22(20,21)14(13)6-8-18/h9-10,13-14H,3-8,11H2,1-2H3/t13-,14-/m1/s1. The fraction of sp³-hybridized carbons (Fsp3) is 0.733. The minimum Gasteiger partial charge on any atom is -0.341 e. The van der Waals surface area contributed by atoms with Crippen molar-refractivity contribution in [1.29, 1.82) is 0 Å². The van der Waals surface area contributed by atoms with Crippen molar-refractivity contribution < 1.29 is 8.42 Å². The van der Waals surface area contributed by atoms with Gasteiger partial charge in [-0.25, -0.2) is 22.7 Å². The summed E-state index contributed by atoms with van der Waals surface area (Å²) in [6.45, 7) is 6.80. The fourth-order valence-corrected chi connectivity index (χ4v) is 5.75. The van der Waals surface area contributed by atoms with Crippen molar-refractivity contribution in [3.8, 4) is 0 Å². The lowest BCUT2D eigenvalue weighted by atomic mass is 10.0. The number of aromatic nitrogens is 2. The first kappa shape index (κ1) is 15.7. The van der Waals surface area contributed by atoms with E-state index < -0.39 is 10.0 Å². The van der Waals surface area contributed by atoms with Crippen LogP contribution in [-0.2, 0) is 16.4 Å². The molecule has 0 spiro atoms. The Morgan fingerprint density at radius 3 is 2.50 bits per heavy atom. The van der Waals surface area contributed by atoms with E-state index in [-0.39, 0.29) is 11.2 Å². The largest absolute Gasteiger partial charge is 0.341 e. The van der Waals surface area contributed by atoms with Crippen LogP contribution in [0.2, 0.25) is 0 Å². The van der Waals surface area contributed by atoms with E-state index in [1.165, 1.54) is 0 Å². The normalized spacial score (nSPS) is 28.4. The summed E-state index contributed by atoms with van der Waals surface area (Å²) in [5.41, 5.74) is 1.12. The molecule has 0 N–H and O–H groups in total. The highest BCUT2D eigenvalue weighted by Crippen LogP contribution is 2.34. The lowest BCUT2D eigenvalue weighted by Crippen LogP contribution is -2.32. The van der Waals surface area contributed by atoms with E-state index >= 15 is 0 Å². The van der Waals surface area contributed by atoms with Gasteiger partial charge in [-0.05, 0) is 30.7 Å². The van der Waals surface area contributed by atoms with Gasteiger partial charge in [0, 0.05) is 38.6 Å². The average Bonchev–Trinajstić information content (AvgIpc) is 2.68. The number of aryl methyl sites for hydroxylation is 1. The number of rotatable bonds is 3. The summed E-state index contributed by atoms with van der Waals surface area (Å²) in [7, 11) is -3.11. The van der Waals surface area contributed by atoms with Crippen LogP contribution in [0.5, 0.6) is 0 Å². The zero-order valence-electron chi connectivity index (χ0n) is 13.3. The van der Waals surface area contributed by atoms with Crippen LogP contribution >= 0.6 is 0 Å². The zero-order chi connectivity index (χ0) is 15.7. The van der Waals surface area contributed by atoms with Crippen LogP contribution in [0.15, 0.2) is 12.4 Å². The van der Waals surface area contributed by atoms with Gasteiger partial charge in [-0.2, -0.15) is 0 Å². The highest BCUT2D eigenvalue weighted by Gasteiger charge is 2.46. The quantitative estimate of drug-likeness (QED) is 0.838. The van der Waals surface area contributed by atoms with Gasteiger partial charge in [0.05, 0.1) is 5.25 Å². The third-order valence-electron chi connectivity index (χ3n) is 4.90. The van der Waals surface area contributed by atoms with Crippen LogP contribution in [0.3, 0.4) is 0 Å². The summed E-state index contributed by atoms with van der Waals surface area (Å²) >= 11 is 0. The lowest BCUT2D eigenvalue weighted by molar-refractivity contribution is 0.398. The van der Waals surface area contributed by atoms with Gasteiger partial charge in [0.25, 0.3) is 0 Å². The van der Waals surface area contributed by atoms with Crippen LogP contribution in [0.4, 0.5) is 5.95 Å². The van der Waals surface area contributed by atoms with E-state index in [9.17, 15) is 8.42 Å². The van der Waals surface area contributed by atoms with E-state index in [1.54, 1.807) is 4.31 Å². The molecule has 0 unspecified atom stereocenters. The molecular weight excluding hydrogens is 300 g/mol. The zero-order valence-corrected chi connectivity index (χ0v) is 14.1. The summed E-state index contributed by atoms with van der Waals surface area (Å²) < 4.78 is 26.7. The van der Waals surface area contributed by atoms with E-state index in [1.807, 2.05) is 19.3 Å². The third-order valence-corrected chi connectivity index (χ3v) is 7.41. The molecule has 2 fully saturated rings. The van der Waals surface area contributed by atoms with E-state index in [2.05, 4.69) is 21.8 Å². The summed E-state index contributed by atoms with van der Waals surface area (Å²) in [6.07, 6.45) is 6.21. The maximum atomic E-state index is 12.5. The smallest absolute Gasteiger partial charge is 0.225 e. The second kappa shape index (κ2) is 6.12. The third kappa shape index (κ3) is 2.72. The molecule has 2 aliphatic rings. The van der Waals surface area contributed by atoms with Gasteiger partial charge in [-0.1, -0.05) is 13.8 Å². The van der Waals surface area contributed by atoms with Crippen molar-refractivity contribution in [2.24, 2.45) is 5.92 Å². The molecule has 1 aromatic rings. The molecule has 6 nitrogen and oxygen atoms in total.